The zero-order valence-electron chi connectivity index (χ0n) is 6.16. The van der Waals surface area contributed by atoms with Crippen molar-refractivity contribution in [1.82, 2.24) is 5.43 Å². The Morgan fingerprint density at radius 1 is 1.33 bits per heavy atom. The molecule has 2 N–H and O–H groups in total. The number of nitrogens with one attached hydrogen (secondary N) is 2. The van der Waals surface area contributed by atoms with E-state index in [1.54, 1.807) is 18.2 Å². The number of amides is 1. The van der Waals surface area contributed by atoms with E-state index in [-0.39, 0.29) is 5.91 Å². The van der Waals surface area contributed by atoms with Gasteiger partial charge in [-0.1, -0.05) is 12.1 Å². The summed E-state index contributed by atoms with van der Waals surface area (Å²) in [5, 5.41) is 6.26. The standard InChI is InChI=1S/C8H6N3O/c12-8-6-3-1-2-4-7(6)9-5-10-11-8/h1-4H,(H,9,10)(H,11,12). The Kier molecular flexibility index (Phi) is 1.51. The summed E-state index contributed by atoms with van der Waals surface area (Å²) in [5.41, 5.74) is 3.61. The molecule has 1 aliphatic heterocycles. The third-order valence-corrected chi connectivity index (χ3v) is 1.58. The van der Waals surface area contributed by atoms with Crippen molar-refractivity contribution in [2.24, 2.45) is 5.10 Å². The number of anilines is 1. The maximum Gasteiger partial charge on any atom is 0.273 e. The van der Waals surface area contributed by atoms with Crippen LogP contribution in [0.2, 0.25) is 0 Å². The van der Waals surface area contributed by atoms with Crippen LogP contribution >= 0.6 is 0 Å². The zero-order chi connectivity index (χ0) is 8.39. The van der Waals surface area contributed by atoms with E-state index < -0.39 is 0 Å². The van der Waals surface area contributed by atoms with Gasteiger partial charge in [0.25, 0.3) is 5.91 Å². The second kappa shape index (κ2) is 2.65. The van der Waals surface area contributed by atoms with Crippen LogP contribution in [0.15, 0.2) is 29.4 Å². The smallest absolute Gasteiger partial charge is 0.273 e. The summed E-state index contributed by atoms with van der Waals surface area (Å²) < 4.78 is 0. The van der Waals surface area contributed by atoms with Gasteiger partial charge < -0.3 is 5.32 Å². The molecule has 59 valence electrons. The minimum absolute atomic E-state index is 0.219. The summed E-state index contributed by atoms with van der Waals surface area (Å²) in [7, 11) is 0. The van der Waals surface area contributed by atoms with Crippen LogP contribution in [0, 0.1) is 0 Å². The number of benzene rings is 1. The van der Waals surface area contributed by atoms with Gasteiger partial charge in [-0.05, 0) is 12.1 Å². The number of para-hydroxylation sites is 1. The molecule has 0 bridgehead atoms. The molecular weight excluding hydrogens is 154 g/mol. The number of carbonyl (C=O) groups excluding carboxylic acids is 1. The third-order valence-electron chi connectivity index (χ3n) is 1.58. The van der Waals surface area contributed by atoms with E-state index in [0.717, 1.165) is 5.69 Å². The summed E-state index contributed by atoms with van der Waals surface area (Å²) in [6.45, 7) is 0. The quantitative estimate of drug-likeness (QED) is 0.585. The Morgan fingerprint density at radius 2 is 2.17 bits per heavy atom. The van der Waals surface area contributed by atoms with E-state index in [4.69, 9.17) is 0 Å². The molecule has 4 heteroatoms. The van der Waals surface area contributed by atoms with Crippen LogP contribution in [-0.2, 0) is 0 Å². The van der Waals surface area contributed by atoms with Crippen LogP contribution in [0.3, 0.4) is 0 Å². The summed E-state index contributed by atoms with van der Waals surface area (Å²) in [6, 6.07) is 7.15. The van der Waals surface area contributed by atoms with Crippen molar-refractivity contribution < 1.29 is 4.79 Å². The Balaban J connectivity index is 2.52. The van der Waals surface area contributed by atoms with Gasteiger partial charge in [0, 0.05) is 0 Å². The lowest BCUT2D eigenvalue weighted by molar-refractivity contribution is 0.0956. The number of rotatable bonds is 0. The highest BCUT2D eigenvalue weighted by Gasteiger charge is 2.11. The molecule has 0 saturated heterocycles. The lowest BCUT2D eigenvalue weighted by atomic mass is 10.2. The molecule has 0 atom stereocenters. The fourth-order valence-electron chi connectivity index (χ4n) is 1.02. The highest BCUT2D eigenvalue weighted by Crippen LogP contribution is 2.14. The Labute approximate surface area is 69.3 Å². The van der Waals surface area contributed by atoms with Gasteiger partial charge in [0.15, 0.2) is 6.34 Å². The lowest BCUT2D eigenvalue weighted by Gasteiger charge is -2.01. The van der Waals surface area contributed by atoms with Crippen LogP contribution in [0.4, 0.5) is 5.69 Å². The van der Waals surface area contributed by atoms with Crippen LogP contribution in [0.5, 0.6) is 0 Å². The van der Waals surface area contributed by atoms with Crippen molar-refractivity contribution >= 4 is 17.9 Å². The molecule has 0 spiro atoms. The molecule has 1 aromatic rings. The molecule has 1 heterocycles. The highest BCUT2D eigenvalue weighted by molar-refractivity contribution is 6.03. The number of hydrogen-bond acceptors (Lipinski definition) is 3. The van der Waals surface area contributed by atoms with Gasteiger partial charge >= 0.3 is 0 Å². The second-order valence-corrected chi connectivity index (χ2v) is 2.34. The fraction of sp³-hybridized carbons (Fsp3) is 0. The van der Waals surface area contributed by atoms with Gasteiger partial charge in [-0.15, -0.1) is 0 Å². The van der Waals surface area contributed by atoms with E-state index >= 15 is 0 Å². The number of nitrogens with zero attached hydrogens (tertiary/aromatic N) is 1. The number of fused-ring (bicyclic) bond motifs is 1. The topological polar surface area (TPSA) is 53.5 Å². The first-order valence-corrected chi connectivity index (χ1v) is 3.48. The molecule has 1 amide bonds. The Morgan fingerprint density at radius 3 is 3.08 bits per heavy atom. The summed E-state index contributed by atoms with van der Waals surface area (Å²) >= 11 is 0. The Bertz CT molecular complexity index is 346. The molecule has 0 fully saturated rings. The molecule has 0 saturated carbocycles. The van der Waals surface area contributed by atoms with Crippen molar-refractivity contribution in [2.75, 3.05) is 5.32 Å². The molecule has 2 rings (SSSR count). The minimum atomic E-state index is -0.219. The molecule has 0 aromatic heterocycles. The summed E-state index contributed by atoms with van der Waals surface area (Å²) in [5.74, 6) is -0.219. The molecule has 1 aliphatic rings. The van der Waals surface area contributed by atoms with E-state index in [0.29, 0.717) is 5.56 Å². The van der Waals surface area contributed by atoms with Gasteiger partial charge in [-0.3, -0.25) is 4.79 Å². The molecule has 4 nitrogen and oxygen atoms in total. The van der Waals surface area contributed by atoms with Crippen molar-refractivity contribution in [2.45, 2.75) is 0 Å². The van der Waals surface area contributed by atoms with Crippen molar-refractivity contribution in [3.8, 4) is 0 Å². The largest absolute Gasteiger partial charge is 0.335 e. The van der Waals surface area contributed by atoms with Crippen molar-refractivity contribution in [3.63, 3.8) is 0 Å². The predicted octanol–water partition coefficient (Wildman–Crippen LogP) is 0.662. The molecule has 1 aromatic carbocycles. The average molecular weight is 160 g/mol. The lowest BCUT2D eigenvalue weighted by Crippen LogP contribution is -2.15. The van der Waals surface area contributed by atoms with Crippen LogP contribution in [-0.4, -0.2) is 12.2 Å². The fourth-order valence-corrected chi connectivity index (χ4v) is 1.02. The van der Waals surface area contributed by atoms with Crippen LogP contribution in [0.25, 0.3) is 0 Å². The third kappa shape index (κ3) is 1.03. The number of hydrazone groups is 1. The predicted molar refractivity (Wildman–Crippen MR) is 45.0 cm³/mol. The first-order chi connectivity index (χ1) is 5.88. The van der Waals surface area contributed by atoms with Gasteiger partial charge in [-0.2, -0.15) is 5.10 Å². The minimum Gasteiger partial charge on any atom is -0.335 e. The molecule has 0 aliphatic carbocycles. The molecular formula is C8H6N3O. The zero-order valence-corrected chi connectivity index (χ0v) is 6.16. The van der Waals surface area contributed by atoms with Crippen molar-refractivity contribution in [3.05, 3.63) is 29.8 Å². The Hall–Kier alpha value is -1.84. The highest BCUT2D eigenvalue weighted by atomic mass is 16.2. The van der Waals surface area contributed by atoms with Crippen LogP contribution in [0.1, 0.15) is 10.4 Å². The van der Waals surface area contributed by atoms with E-state index in [1.807, 2.05) is 6.07 Å². The normalized spacial score (nSPS) is 14.2. The van der Waals surface area contributed by atoms with E-state index in [9.17, 15) is 4.79 Å². The number of carbonyl (C=O) groups is 1. The van der Waals surface area contributed by atoms with Gasteiger partial charge in [0.05, 0.1) is 11.3 Å². The summed E-state index contributed by atoms with van der Waals surface area (Å²) in [6.07, 6.45) is 2.48. The monoisotopic (exact) mass is 160 g/mol. The molecule has 1 radical (unpaired) electrons. The average Bonchev–Trinajstić information content (AvgIpc) is 2.29. The van der Waals surface area contributed by atoms with Crippen molar-refractivity contribution in [1.29, 1.82) is 0 Å². The second-order valence-electron chi connectivity index (χ2n) is 2.34. The number of hydrogen-bond donors (Lipinski definition) is 2. The summed E-state index contributed by atoms with van der Waals surface area (Å²) in [4.78, 5) is 11.2. The van der Waals surface area contributed by atoms with E-state index in [2.05, 4.69) is 22.2 Å². The maximum atomic E-state index is 11.2. The molecule has 0 unspecified atom stereocenters. The first-order valence-electron chi connectivity index (χ1n) is 3.48. The SMILES string of the molecule is O=C1NN=[C]Nc2ccccc21. The molecule has 12 heavy (non-hydrogen) atoms. The van der Waals surface area contributed by atoms with Gasteiger partial charge in [0.1, 0.15) is 0 Å². The van der Waals surface area contributed by atoms with Gasteiger partial charge in [0.2, 0.25) is 0 Å². The van der Waals surface area contributed by atoms with E-state index in [1.165, 1.54) is 0 Å². The first kappa shape index (κ1) is 6.84. The van der Waals surface area contributed by atoms with Gasteiger partial charge in [-0.25, -0.2) is 5.43 Å². The maximum absolute atomic E-state index is 11.2. The van der Waals surface area contributed by atoms with Crippen LogP contribution < -0.4 is 10.7 Å².